The highest BCUT2D eigenvalue weighted by Crippen LogP contribution is 1.96. The average molecular weight is 225 g/mol. The summed E-state index contributed by atoms with van der Waals surface area (Å²) in [4.78, 5) is 8.78. The lowest BCUT2D eigenvalue weighted by Crippen LogP contribution is -2.30. The van der Waals surface area contributed by atoms with Crippen LogP contribution in [0.25, 0.3) is 0 Å². The molecule has 16 heavy (non-hydrogen) atoms. The molecule has 0 heterocycles. The number of rotatable bonds is 4. The van der Waals surface area contributed by atoms with E-state index in [1.807, 2.05) is 25.1 Å². The summed E-state index contributed by atoms with van der Waals surface area (Å²) in [5.74, 6) is 0. The van der Waals surface area contributed by atoms with Crippen molar-refractivity contribution in [2.24, 2.45) is 11.5 Å². The number of primary amides is 1. The molecule has 6 N–H and O–H groups in total. The Labute approximate surface area is 95.4 Å². The van der Waals surface area contributed by atoms with E-state index in [1.165, 1.54) is 5.56 Å². The topological polar surface area (TPSA) is 101 Å². The molecule has 1 aromatic rings. The smallest absolute Gasteiger partial charge is 0.402 e. The molecule has 5 heteroatoms. The number of hydrogen-bond donors (Lipinski definition) is 4. The maximum absolute atomic E-state index is 8.78. The van der Waals surface area contributed by atoms with Crippen molar-refractivity contribution >= 4 is 6.09 Å². The van der Waals surface area contributed by atoms with Crippen LogP contribution in [0.15, 0.2) is 30.3 Å². The molecule has 1 amide bonds. The highest BCUT2D eigenvalue weighted by molar-refractivity contribution is 5.61. The molecular formula is C11H19N3O2. The van der Waals surface area contributed by atoms with Crippen LogP contribution in [0.4, 0.5) is 4.79 Å². The van der Waals surface area contributed by atoms with Crippen LogP contribution in [0.1, 0.15) is 12.5 Å². The standard InChI is InChI=1S/C10H16N2.CH3NO2/c1-9(11)7-12-8-10-5-3-2-4-6-10;2-1(3)4/h2-6,9,12H,7-8,11H2,1H3;2H2,(H,3,4). The SMILES string of the molecule is CC(N)CNCc1ccccc1.NC(=O)O. The summed E-state index contributed by atoms with van der Waals surface area (Å²) in [6.45, 7) is 3.77. The number of hydrogen-bond acceptors (Lipinski definition) is 3. The lowest BCUT2D eigenvalue weighted by Gasteiger charge is -2.06. The molecule has 0 aliphatic heterocycles. The molecule has 1 atom stereocenters. The number of benzene rings is 1. The Morgan fingerprint density at radius 1 is 1.44 bits per heavy atom. The molecule has 90 valence electrons. The monoisotopic (exact) mass is 225 g/mol. The third kappa shape index (κ3) is 10.5. The molecule has 0 aliphatic rings. The molecule has 0 fully saturated rings. The zero-order chi connectivity index (χ0) is 12.4. The minimum Gasteiger partial charge on any atom is -0.465 e. The molecular weight excluding hydrogens is 206 g/mol. The Hall–Kier alpha value is -1.59. The molecule has 1 aromatic carbocycles. The van der Waals surface area contributed by atoms with Crippen LogP contribution >= 0.6 is 0 Å². The Balaban J connectivity index is 0.000000487. The third-order valence-corrected chi connectivity index (χ3v) is 1.64. The van der Waals surface area contributed by atoms with E-state index in [1.54, 1.807) is 0 Å². The fourth-order valence-electron chi connectivity index (χ4n) is 1.04. The molecule has 1 unspecified atom stereocenters. The van der Waals surface area contributed by atoms with Crippen molar-refractivity contribution in [3.63, 3.8) is 0 Å². The number of nitrogens with two attached hydrogens (primary N) is 2. The van der Waals surface area contributed by atoms with Crippen molar-refractivity contribution in [2.45, 2.75) is 19.5 Å². The predicted molar refractivity (Wildman–Crippen MR) is 64.0 cm³/mol. The molecule has 0 saturated carbocycles. The van der Waals surface area contributed by atoms with Crippen molar-refractivity contribution in [1.82, 2.24) is 5.32 Å². The van der Waals surface area contributed by atoms with Gasteiger partial charge in [0.2, 0.25) is 0 Å². The molecule has 5 nitrogen and oxygen atoms in total. The minimum absolute atomic E-state index is 0.230. The largest absolute Gasteiger partial charge is 0.465 e. The van der Waals surface area contributed by atoms with Gasteiger partial charge in [0, 0.05) is 19.1 Å². The van der Waals surface area contributed by atoms with Crippen molar-refractivity contribution in [3.05, 3.63) is 35.9 Å². The average Bonchev–Trinajstić information content (AvgIpc) is 2.18. The lowest BCUT2D eigenvalue weighted by atomic mass is 10.2. The molecule has 0 aromatic heterocycles. The van der Waals surface area contributed by atoms with E-state index in [9.17, 15) is 0 Å². The second-order valence-electron chi connectivity index (χ2n) is 3.43. The number of nitrogens with one attached hydrogen (secondary N) is 1. The second kappa shape index (κ2) is 8.70. The van der Waals surface area contributed by atoms with Crippen molar-refractivity contribution < 1.29 is 9.90 Å². The van der Waals surface area contributed by atoms with Gasteiger partial charge in [-0.1, -0.05) is 30.3 Å². The van der Waals surface area contributed by atoms with E-state index in [2.05, 4.69) is 23.2 Å². The molecule has 1 rings (SSSR count). The van der Waals surface area contributed by atoms with Gasteiger partial charge in [0.15, 0.2) is 0 Å². The molecule has 0 saturated heterocycles. The van der Waals surface area contributed by atoms with Crippen LogP contribution < -0.4 is 16.8 Å². The zero-order valence-corrected chi connectivity index (χ0v) is 9.39. The van der Waals surface area contributed by atoms with Crippen molar-refractivity contribution in [1.29, 1.82) is 0 Å². The summed E-state index contributed by atoms with van der Waals surface area (Å²) in [5, 5.41) is 10.5. The third-order valence-electron chi connectivity index (χ3n) is 1.64. The summed E-state index contributed by atoms with van der Waals surface area (Å²) in [6.07, 6.45) is -1.33. The van der Waals surface area contributed by atoms with Crippen molar-refractivity contribution in [2.75, 3.05) is 6.54 Å². The predicted octanol–water partition coefficient (Wildman–Crippen LogP) is 0.747. The maximum atomic E-state index is 8.78. The van der Waals surface area contributed by atoms with Gasteiger partial charge in [-0.2, -0.15) is 0 Å². The summed E-state index contributed by atoms with van der Waals surface area (Å²) in [7, 11) is 0. The fourth-order valence-corrected chi connectivity index (χ4v) is 1.04. The van der Waals surface area contributed by atoms with E-state index >= 15 is 0 Å². The molecule has 0 bridgehead atoms. The molecule has 0 radical (unpaired) electrons. The van der Waals surface area contributed by atoms with Crippen LogP contribution in [-0.2, 0) is 6.54 Å². The van der Waals surface area contributed by atoms with Crippen LogP contribution in [-0.4, -0.2) is 23.8 Å². The summed E-state index contributed by atoms with van der Waals surface area (Å²) < 4.78 is 0. The first kappa shape index (κ1) is 14.4. The van der Waals surface area contributed by atoms with Crippen LogP contribution in [0.3, 0.4) is 0 Å². The first-order valence-corrected chi connectivity index (χ1v) is 5.01. The number of carbonyl (C=O) groups is 1. The normalized spacial score (nSPS) is 11.1. The summed E-state index contributed by atoms with van der Waals surface area (Å²) in [6, 6.07) is 10.6. The van der Waals surface area contributed by atoms with Gasteiger partial charge in [-0.25, -0.2) is 4.79 Å². The number of amides is 1. The fraction of sp³-hybridized carbons (Fsp3) is 0.364. The van der Waals surface area contributed by atoms with Crippen LogP contribution in [0, 0.1) is 0 Å². The maximum Gasteiger partial charge on any atom is 0.402 e. The first-order chi connectivity index (χ1) is 7.52. The minimum atomic E-state index is -1.33. The quantitative estimate of drug-likeness (QED) is 0.607. The molecule has 0 aliphatic carbocycles. The van der Waals surface area contributed by atoms with Gasteiger partial charge in [-0.15, -0.1) is 0 Å². The Kier molecular flexibility index (Phi) is 7.83. The van der Waals surface area contributed by atoms with E-state index in [4.69, 9.17) is 15.6 Å². The van der Waals surface area contributed by atoms with Gasteiger partial charge < -0.3 is 21.9 Å². The van der Waals surface area contributed by atoms with Crippen LogP contribution in [0.5, 0.6) is 0 Å². The van der Waals surface area contributed by atoms with Gasteiger partial charge in [0.1, 0.15) is 0 Å². The van der Waals surface area contributed by atoms with Gasteiger partial charge in [0.25, 0.3) is 0 Å². The Morgan fingerprint density at radius 3 is 2.38 bits per heavy atom. The molecule has 0 spiro atoms. The van der Waals surface area contributed by atoms with Crippen LogP contribution in [0.2, 0.25) is 0 Å². The Morgan fingerprint density at radius 2 is 1.94 bits per heavy atom. The van der Waals surface area contributed by atoms with E-state index in [0.717, 1.165) is 13.1 Å². The second-order valence-corrected chi connectivity index (χ2v) is 3.43. The van der Waals surface area contributed by atoms with Gasteiger partial charge in [0.05, 0.1) is 0 Å². The Bertz CT molecular complexity index is 285. The number of carboxylic acid groups (broad SMARTS) is 1. The van der Waals surface area contributed by atoms with Gasteiger partial charge in [-0.3, -0.25) is 0 Å². The van der Waals surface area contributed by atoms with E-state index in [0.29, 0.717) is 0 Å². The summed E-state index contributed by atoms with van der Waals surface area (Å²) in [5.41, 5.74) is 10.9. The van der Waals surface area contributed by atoms with E-state index < -0.39 is 6.09 Å². The van der Waals surface area contributed by atoms with Gasteiger partial charge >= 0.3 is 6.09 Å². The zero-order valence-electron chi connectivity index (χ0n) is 9.39. The first-order valence-electron chi connectivity index (χ1n) is 5.01. The van der Waals surface area contributed by atoms with E-state index in [-0.39, 0.29) is 6.04 Å². The summed E-state index contributed by atoms with van der Waals surface area (Å²) >= 11 is 0. The van der Waals surface area contributed by atoms with Gasteiger partial charge in [-0.05, 0) is 12.5 Å². The highest BCUT2D eigenvalue weighted by atomic mass is 16.4. The van der Waals surface area contributed by atoms with Crippen molar-refractivity contribution in [3.8, 4) is 0 Å². The lowest BCUT2D eigenvalue weighted by molar-refractivity contribution is 0.205. The highest BCUT2D eigenvalue weighted by Gasteiger charge is 1.93.